The van der Waals surface area contributed by atoms with Crippen LogP contribution in [-0.2, 0) is 18.6 Å². The molecule has 2 aliphatic heterocycles. The molecule has 7 nitrogen and oxygen atoms in total. The van der Waals surface area contributed by atoms with E-state index in [0.717, 1.165) is 49.0 Å². The van der Waals surface area contributed by atoms with E-state index < -0.39 is 0 Å². The minimum Gasteiger partial charge on any atom is -1.00 e. The van der Waals surface area contributed by atoms with E-state index in [9.17, 15) is 0 Å². The molecule has 0 aromatic carbocycles. The number of hydrogen-bond acceptors (Lipinski definition) is 7. The van der Waals surface area contributed by atoms with E-state index in [-0.39, 0.29) is 55.8 Å². The Hall–Kier alpha value is -0.536. The Morgan fingerprint density at radius 3 is 1.50 bits per heavy atom. The summed E-state index contributed by atoms with van der Waals surface area (Å²) in [7, 11) is 0. The Balaban J connectivity index is 0. The van der Waals surface area contributed by atoms with Crippen LogP contribution in [0.1, 0.15) is 50.9 Å². The molecular weight excluding hydrogens is 460 g/mol. The van der Waals surface area contributed by atoms with Crippen LogP contribution in [-0.4, -0.2) is 52.6 Å². The first-order chi connectivity index (χ1) is 11.7. The predicted octanol–water partition coefficient (Wildman–Crippen LogP) is -7.26. The first-order valence-corrected chi connectivity index (χ1v) is 8.80. The number of halogens is 3. The van der Waals surface area contributed by atoms with E-state index in [4.69, 9.17) is 0 Å². The summed E-state index contributed by atoms with van der Waals surface area (Å²) in [5.41, 5.74) is 9.74. The molecule has 28 heavy (non-hydrogen) atoms. The van der Waals surface area contributed by atoms with Crippen LogP contribution >= 0.6 is 0 Å². The van der Waals surface area contributed by atoms with Crippen LogP contribution < -0.4 is 48.3 Å². The molecule has 0 bridgehead atoms. The number of hydrogen-bond donors (Lipinski definition) is 2. The third-order valence-electron chi connectivity index (χ3n) is 4.42. The van der Waals surface area contributed by atoms with Gasteiger partial charge in [0.05, 0.1) is 22.8 Å². The van der Waals surface area contributed by atoms with Crippen molar-refractivity contribution in [3.05, 3.63) is 29.6 Å². The zero-order chi connectivity index (χ0) is 16.8. The third-order valence-corrected chi connectivity index (χ3v) is 4.42. The summed E-state index contributed by atoms with van der Waals surface area (Å²) in [6, 6.07) is 5.96. The van der Waals surface area contributed by atoms with E-state index in [1.54, 1.807) is 0 Å². The largest absolute Gasteiger partial charge is 1.00 e. The Labute approximate surface area is 198 Å². The molecule has 0 amide bonds. The normalized spacial score (nSPS) is 17.6. The monoisotopic (exact) mass is 485 g/mol. The molecule has 3 heterocycles. The zero-order valence-electron chi connectivity index (χ0n) is 16.2. The van der Waals surface area contributed by atoms with Crippen molar-refractivity contribution >= 4 is 11.4 Å². The maximum atomic E-state index is 4.68. The standard InChI is InChI=1S/C17H27N7.3ClH.V/c1-14(19-21-23-10-3-4-11-23)16-8-7-9-17(18-16)15(2)20-22-24-12-5-6-13-24;;;;/h7-9,21-22H,3-6,10-13H2,1-2H3;3*1H;/p-3. The maximum absolute atomic E-state index is 4.68. The summed E-state index contributed by atoms with van der Waals surface area (Å²) in [4.78, 5) is 4.68. The summed E-state index contributed by atoms with van der Waals surface area (Å²) in [6.07, 6.45) is 4.92. The van der Waals surface area contributed by atoms with Gasteiger partial charge >= 0.3 is 0 Å². The molecule has 0 spiro atoms. The number of nitrogens with one attached hydrogen (secondary N) is 2. The van der Waals surface area contributed by atoms with Crippen LogP contribution in [0, 0.1) is 0 Å². The van der Waals surface area contributed by atoms with Crippen molar-refractivity contribution in [3.8, 4) is 0 Å². The molecule has 1 aromatic heterocycles. The van der Waals surface area contributed by atoms with Crippen LogP contribution in [0.15, 0.2) is 28.4 Å². The summed E-state index contributed by atoms with van der Waals surface area (Å²) in [5.74, 6) is 0. The third kappa shape index (κ3) is 8.86. The van der Waals surface area contributed by atoms with Crippen molar-refractivity contribution in [3.63, 3.8) is 0 Å². The molecule has 0 aliphatic carbocycles. The van der Waals surface area contributed by atoms with Crippen molar-refractivity contribution < 1.29 is 55.8 Å². The van der Waals surface area contributed by atoms with Crippen molar-refractivity contribution in [2.24, 2.45) is 10.2 Å². The summed E-state index contributed by atoms with van der Waals surface area (Å²) < 4.78 is 0. The topological polar surface area (TPSA) is 68.2 Å². The number of hydrazone groups is 2. The molecule has 0 unspecified atom stereocenters. The molecule has 11 heteroatoms. The van der Waals surface area contributed by atoms with E-state index >= 15 is 0 Å². The molecule has 2 N–H and O–H groups in total. The average Bonchev–Trinajstić information content (AvgIpc) is 3.31. The molecule has 159 valence electrons. The molecule has 2 fully saturated rings. The average molecular weight is 487 g/mol. The number of aromatic nitrogens is 1. The molecule has 0 saturated carbocycles. The second-order valence-corrected chi connectivity index (χ2v) is 6.39. The Bertz CT molecular complexity index is 569. The second-order valence-electron chi connectivity index (χ2n) is 6.39. The van der Waals surface area contributed by atoms with Gasteiger partial charge in [-0.1, -0.05) is 6.07 Å². The second kappa shape index (κ2) is 15.3. The molecule has 0 atom stereocenters. The number of rotatable bonds is 6. The SMILES string of the molecule is CC(=NNN1CCCC1)c1cccc(C(C)=NNN2CCCC2)n1.[Cl-].[Cl-].[Cl-].[V]. The van der Waals surface area contributed by atoms with E-state index in [2.05, 4.69) is 36.3 Å². The van der Waals surface area contributed by atoms with Gasteiger partial charge in [-0.3, -0.25) is 0 Å². The van der Waals surface area contributed by atoms with Gasteiger partial charge in [-0.25, -0.2) is 26.1 Å². The van der Waals surface area contributed by atoms with Crippen LogP contribution in [0.2, 0.25) is 0 Å². The number of hydrazine groups is 2. The van der Waals surface area contributed by atoms with Crippen LogP contribution in [0.3, 0.4) is 0 Å². The van der Waals surface area contributed by atoms with E-state index in [1.165, 1.54) is 25.7 Å². The van der Waals surface area contributed by atoms with Crippen LogP contribution in [0.4, 0.5) is 0 Å². The van der Waals surface area contributed by atoms with Gasteiger partial charge in [-0.15, -0.1) is 0 Å². The summed E-state index contributed by atoms with van der Waals surface area (Å²) >= 11 is 0. The van der Waals surface area contributed by atoms with E-state index in [0.29, 0.717) is 0 Å². The van der Waals surface area contributed by atoms with E-state index in [1.807, 2.05) is 32.0 Å². The van der Waals surface area contributed by atoms with Gasteiger partial charge in [0, 0.05) is 44.7 Å². The van der Waals surface area contributed by atoms with Gasteiger partial charge in [0.2, 0.25) is 0 Å². The van der Waals surface area contributed by atoms with Crippen LogP contribution in [0.25, 0.3) is 0 Å². The number of nitrogens with zero attached hydrogens (tertiary/aromatic N) is 5. The van der Waals surface area contributed by atoms with Crippen molar-refractivity contribution in [1.82, 2.24) is 26.1 Å². The summed E-state index contributed by atoms with van der Waals surface area (Å²) in [6.45, 7) is 8.17. The quantitative estimate of drug-likeness (QED) is 0.309. The van der Waals surface area contributed by atoms with Gasteiger partial charge in [0.1, 0.15) is 0 Å². The first-order valence-electron chi connectivity index (χ1n) is 8.80. The minimum atomic E-state index is 0. The van der Waals surface area contributed by atoms with Crippen LogP contribution in [0.5, 0.6) is 0 Å². The van der Waals surface area contributed by atoms with Crippen molar-refractivity contribution in [1.29, 1.82) is 0 Å². The Morgan fingerprint density at radius 2 is 1.14 bits per heavy atom. The van der Waals surface area contributed by atoms with Gasteiger partial charge in [-0.2, -0.15) is 10.2 Å². The maximum Gasteiger partial charge on any atom is 0.0868 e. The molecule has 2 saturated heterocycles. The minimum absolute atomic E-state index is 0. The van der Waals surface area contributed by atoms with Gasteiger partial charge < -0.3 is 37.2 Å². The van der Waals surface area contributed by atoms with Gasteiger partial charge in [0.15, 0.2) is 0 Å². The Morgan fingerprint density at radius 1 is 0.786 bits per heavy atom. The smallest absolute Gasteiger partial charge is 0.0868 e. The predicted molar refractivity (Wildman–Crippen MR) is 96.5 cm³/mol. The van der Waals surface area contributed by atoms with Gasteiger partial charge in [-0.05, 0) is 51.7 Å². The van der Waals surface area contributed by atoms with Gasteiger partial charge in [0.25, 0.3) is 0 Å². The molecule has 1 aromatic rings. The fourth-order valence-corrected chi connectivity index (χ4v) is 2.88. The molecule has 2 aliphatic rings. The molecule has 3 rings (SSSR count). The number of pyridine rings is 1. The Kier molecular flexibility index (Phi) is 16.2. The molecular formula is C17H27Cl3N7V-3. The zero-order valence-corrected chi connectivity index (χ0v) is 19.9. The van der Waals surface area contributed by atoms with Crippen molar-refractivity contribution in [2.45, 2.75) is 39.5 Å². The first kappa shape index (κ1) is 29.7. The fourth-order valence-electron chi connectivity index (χ4n) is 2.88. The molecule has 1 radical (unpaired) electrons. The fraction of sp³-hybridized carbons (Fsp3) is 0.588. The van der Waals surface area contributed by atoms with Crippen molar-refractivity contribution in [2.75, 3.05) is 26.2 Å². The summed E-state index contributed by atoms with van der Waals surface area (Å²) in [5, 5.41) is 13.2.